The van der Waals surface area contributed by atoms with Gasteiger partial charge in [0.1, 0.15) is 11.5 Å². The van der Waals surface area contributed by atoms with Crippen LogP contribution in [0.1, 0.15) is 12.7 Å². The van der Waals surface area contributed by atoms with Crippen LogP contribution in [0.25, 0.3) is 11.6 Å². The van der Waals surface area contributed by atoms with Gasteiger partial charge < -0.3 is 15.2 Å². The fraction of sp³-hybridized carbons (Fsp3) is 0.286. The van der Waals surface area contributed by atoms with E-state index >= 15 is 0 Å². The lowest BCUT2D eigenvalue weighted by Gasteiger charge is -2.04. The Balaban J connectivity index is 1.71. The highest BCUT2D eigenvalue weighted by molar-refractivity contribution is 7.14. The zero-order valence-electron chi connectivity index (χ0n) is 12.3. The normalized spacial score (nSPS) is 12.3. The molecule has 1 atom stereocenters. The van der Waals surface area contributed by atoms with E-state index in [-0.39, 0.29) is 0 Å². The van der Waals surface area contributed by atoms with Crippen LogP contribution in [0.15, 0.2) is 34.3 Å². The van der Waals surface area contributed by atoms with Crippen molar-refractivity contribution in [2.75, 3.05) is 12.4 Å². The molecule has 3 aromatic heterocycles. The topological polar surface area (TPSA) is 88.8 Å². The van der Waals surface area contributed by atoms with E-state index < -0.39 is 0 Å². The van der Waals surface area contributed by atoms with Gasteiger partial charge in [-0.1, -0.05) is 11.2 Å². The van der Waals surface area contributed by atoms with Crippen LogP contribution in [0.5, 0.6) is 0 Å². The van der Waals surface area contributed by atoms with E-state index in [1.807, 2.05) is 30.6 Å². The summed E-state index contributed by atoms with van der Waals surface area (Å²) >= 11 is 1.46. The third-order valence-corrected chi connectivity index (χ3v) is 3.83. The van der Waals surface area contributed by atoms with E-state index in [1.54, 1.807) is 6.20 Å². The predicted octanol–water partition coefficient (Wildman–Crippen LogP) is 2.48. The summed E-state index contributed by atoms with van der Waals surface area (Å²) in [5.74, 6) is 1.85. The number of hydrogen-bond acceptors (Lipinski definition) is 8. The first-order chi connectivity index (χ1) is 10.7. The summed E-state index contributed by atoms with van der Waals surface area (Å²) in [7, 11) is 1.90. The lowest BCUT2D eigenvalue weighted by Crippen LogP contribution is -2.24. The Morgan fingerprint density at radius 3 is 3.00 bits per heavy atom. The van der Waals surface area contributed by atoms with Gasteiger partial charge in [-0.25, -0.2) is 9.97 Å². The second-order valence-corrected chi connectivity index (χ2v) is 5.65. The first-order valence-electron chi connectivity index (χ1n) is 6.88. The highest BCUT2D eigenvalue weighted by atomic mass is 32.1. The quantitative estimate of drug-likeness (QED) is 0.722. The van der Waals surface area contributed by atoms with Crippen LogP contribution in [0, 0.1) is 0 Å². The molecule has 0 fully saturated rings. The molecule has 0 amide bonds. The molecule has 0 aliphatic heterocycles. The number of thiazole rings is 1. The number of pyridine rings is 1. The van der Waals surface area contributed by atoms with Crippen molar-refractivity contribution >= 4 is 22.3 Å². The Morgan fingerprint density at radius 2 is 2.23 bits per heavy atom. The molecule has 22 heavy (non-hydrogen) atoms. The summed E-state index contributed by atoms with van der Waals surface area (Å²) in [6.07, 6.45) is 2.44. The third-order valence-electron chi connectivity index (χ3n) is 3.07. The van der Waals surface area contributed by atoms with Gasteiger partial charge in [0.05, 0.1) is 0 Å². The molecule has 2 N–H and O–H groups in total. The van der Waals surface area contributed by atoms with Crippen LogP contribution in [-0.2, 0) is 6.42 Å². The second-order valence-electron chi connectivity index (χ2n) is 4.79. The monoisotopic (exact) mass is 316 g/mol. The summed E-state index contributed by atoms with van der Waals surface area (Å²) in [5, 5.41) is 12.9. The molecule has 0 radical (unpaired) electrons. The Kier molecular flexibility index (Phi) is 4.40. The number of anilines is 2. The molecular formula is C14H16N6OS. The number of aromatic nitrogens is 4. The van der Waals surface area contributed by atoms with E-state index in [0.717, 1.165) is 10.9 Å². The van der Waals surface area contributed by atoms with Crippen molar-refractivity contribution in [2.24, 2.45) is 0 Å². The fourth-order valence-electron chi connectivity index (χ4n) is 1.79. The van der Waals surface area contributed by atoms with Gasteiger partial charge in [-0.3, -0.25) is 0 Å². The van der Waals surface area contributed by atoms with Crippen molar-refractivity contribution in [3.8, 4) is 11.6 Å². The standard InChI is InChI=1S/C14H16N6OS/c1-9(15-2)7-12-18-13(21-20-12)10-8-22-14(17-10)19-11-5-3-4-6-16-11/h3-6,8-9,15H,7H2,1-2H3,(H,16,17,19). The number of hydrogen-bond donors (Lipinski definition) is 2. The fourth-order valence-corrected chi connectivity index (χ4v) is 2.48. The summed E-state index contributed by atoms with van der Waals surface area (Å²) in [6, 6.07) is 5.95. The third kappa shape index (κ3) is 3.46. The minimum absolute atomic E-state index is 0.294. The molecule has 7 nitrogen and oxygen atoms in total. The van der Waals surface area contributed by atoms with Gasteiger partial charge in [-0.15, -0.1) is 11.3 Å². The van der Waals surface area contributed by atoms with Crippen molar-refractivity contribution in [1.29, 1.82) is 0 Å². The SMILES string of the molecule is CNC(C)Cc1noc(-c2csc(Nc3ccccn3)n2)n1. The molecule has 3 aromatic rings. The maximum Gasteiger partial charge on any atom is 0.277 e. The molecule has 1 unspecified atom stereocenters. The Labute approximate surface area is 131 Å². The van der Waals surface area contributed by atoms with Gasteiger partial charge in [0.2, 0.25) is 0 Å². The largest absolute Gasteiger partial charge is 0.332 e. The molecule has 3 heterocycles. The van der Waals surface area contributed by atoms with E-state index in [4.69, 9.17) is 4.52 Å². The first kappa shape index (κ1) is 14.6. The lowest BCUT2D eigenvalue weighted by molar-refractivity contribution is 0.417. The number of rotatable bonds is 6. The van der Waals surface area contributed by atoms with Crippen molar-refractivity contribution in [2.45, 2.75) is 19.4 Å². The average Bonchev–Trinajstić information content (AvgIpc) is 3.17. The van der Waals surface area contributed by atoms with E-state index in [0.29, 0.717) is 29.9 Å². The van der Waals surface area contributed by atoms with Gasteiger partial charge in [-0.2, -0.15) is 4.98 Å². The Hall–Kier alpha value is -2.32. The Morgan fingerprint density at radius 1 is 1.32 bits per heavy atom. The summed E-state index contributed by atoms with van der Waals surface area (Å²) in [6.45, 7) is 2.06. The van der Waals surface area contributed by atoms with E-state index in [9.17, 15) is 0 Å². The molecule has 0 aliphatic rings. The van der Waals surface area contributed by atoms with Gasteiger partial charge in [0.25, 0.3) is 5.89 Å². The minimum atomic E-state index is 0.294. The van der Waals surface area contributed by atoms with Crippen LogP contribution in [-0.4, -0.2) is 33.2 Å². The predicted molar refractivity (Wildman–Crippen MR) is 85.2 cm³/mol. The molecule has 0 aromatic carbocycles. The van der Waals surface area contributed by atoms with Crippen LogP contribution >= 0.6 is 11.3 Å². The highest BCUT2D eigenvalue weighted by Crippen LogP contribution is 2.25. The summed E-state index contributed by atoms with van der Waals surface area (Å²) in [4.78, 5) is 13.0. The van der Waals surface area contributed by atoms with Crippen molar-refractivity contribution in [3.05, 3.63) is 35.6 Å². The van der Waals surface area contributed by atoms with Crippen LogP contribution in [0.3, 0.4) is 0 Å². The van der Waals surface area contributed by atoms with Gasteiger partial charge in [0, 0.05) is 24.0 Å². The van der Waals surface area contributed by atoms with E-state index in [2.05, 4.69) is 37.7 Å². The van der Waals surface area contributed by atoms with Gasteiger partial charge >= 0.3 is 0 Å². The molecule has 0 saturated carbocycles. The minimum Gasteiger partial charge on any atom is -0.332 e. The lowest BCUT2D eigenvalue weighted by atomic mass is 10.2. The smallest absolute Gasteiger partial charge is 0.277 e. The molecule has 3 rings (SSSR count). The van der Waals surface area contributed by atoms with Gasteiger partial charge in [-0.05, 0) is 26.1 Å². The molecular weight excluding hydrogens is 300 g/mol. The summed E-state index contributed by atoms with van der Waals surface area (Å²) < 4.78 is 5.27. The molecule has 114 valence electrons. The average molecular weight is 316 g/mol. The van der Waals surface area contributed by atoms with Crippen molar-refractivity contribution < 1.29 is 4.52 Å². The van der Waals surface area contributed by atoms with Crippen LogP contribution < -0.4 is 10.6 Å². The number of nitrogens with one attached hydrogen (secondary N) is 2. The summed E-state index contributed by atoms with van der Waals surface area (Å²) in [5.41, 5.74) is 0.666. The van der Waals surface area contributed by atoms with Crippen LogP contribution in [0.4, 0.5) is 10.9 Å². The highest BCUT2D eigenvalue weighted by Gasteiger charge is 2.14. The van der Waals surface area contributed by atoms with Crippen molar-refractivity contribution in [1.82, 2.24) is 25.4 Å². The zero-order valence-corrected chi connectivity index (χ0v) is 13.1. The number of likely N-dealkylation sites (N-methyl/N-ethyl adjacent to an activating group) is 1. The molecule has 0 spiro atoms. The maximum atomic E-state index is 5.27. The Bertz CT molecular complexity index is 726. The first-order valence-corrected chi connectivity index (χ1v) is 7.76. The molecule has 0 aliphatic carbocycles. The zero-order chi connectivity index (χ0) is 15.4. The maximum absolute atomic E-state index is 5.27. The van der Waals surface area contributed by atoms with Crippen molar-refractivity contribution in [3.63, 3.8) is 0 Å². The second kappa shape index (κ2) is 6.63. The van der Waals surface area contributed by atoms with E-state index in [1.165, 1.54) is 11.3 Å². The van der Waals surface area contributed by atoms with Gasteiger partial charge in [0.15, 0.2) is 11.0 Å². The number of nitrogens with zero attached hydrogens (tertiary/aromatic N) is 4. The van der Waals surface area contributed by atoms with Crippen LogP contribution in [0.2, 0.25) is 0 Å². The molecule has 0 saturated heterocycles. The molecule has 8 heteroatoms. The molecule has 0 bridgehead atoms.